The monoisotopic (exact) mass is 348 g/mol. The van der Waals surface area contributed by atoms with E-state index in [0.717, 1.165) is 16.6 Å². The summed E-state index contributed by atoms with van der Waals surface area (Å²) in [5.41, 5.74) is -0.362. The fraction of sp³-hybridized carbons (Fsp3) is 0.538. The highest BCUT2D eigenvalue weighted by Crippen LogP contribution is 2.28. The van der Waals surface area contributed by atoms with Crippen LogP contribution in [-0.2, 0) is 5.33 Å². The molecule has 5 nitrogen and oxygen atoms in total. The zero-order valence-corrected chi connectivity index (χ0v) is 13.8. The first-order valence-electron chi connectivity index (χ1n) is 6.10. The predicted octanol–water partition coefficient (Wildman–Crippen LogP) is 1.46. The number of alkyl halides is 1. The summed E-state index contributed by atoms with van der Waals surface area (Å²) in [6.07, 6.45) is 0. The van der Waals surface area contributed by atoms with Gasteiger partial charge in [0, 0.05) is 5.33 Å². The van der Waals surface area contributed by atoms with Gasteiger partial charge in [-0.15, -0.1) is 0 Å². The van der Waals surface area contributed by atoms with E-state index in [1.54, 1.807) is 13.8 Å². The van der Waals surface area contributed by atoms with Crippen LogP contribution in [0.25, 0.3) is 0 Å². The van der Waals surface area contributed by atoms with Crippen molar-refractivity contribution in [2.75, 3.05) is 0 Å². The Balaban J connectivity index is 0.000000796. The normalized spacial score (nSPS) is 11.4. The molecule has 20 heavy (non-hydrogen) atoms. The fourth-order valence-corrected chi connectivity index (χ4v) is 1.46. The Bertz CT molecular complexity index is 401. The van der Waals surface area contributed by atoms with Gasteiger partial charge in [0.25, 0.3) is 0 Å². The molecule has 7 heteroatoms. The van der Waals surface area contributed by atoms with E-state index in [2.05, 4.69) is 15.9 Å². The molecular weight excluding hydrogens is 327 g/mol. The summed E-state index contributed by atoms with van der Waals surface area (Å²) in [6, 6.07) is 7.85. The molecule has 0 saturated heterocycles. The minimum atomic E-state index is -2.17. The molecule has 0 aliphatic heterocycles. The Kier molecular flexibility index (Phi) is 7.76. The molecule has 0 unspecified atom stereocenters. The molecule has 0 saturated carbocycles. The first-order valence-corrected chi connectivity index (χ1v) is 7.22. The number of rotatable bonds is 4. The molecule has 0 radical (unpaired) electrons. The Morgan fingerprint density at radius 3 is 2.05 bits per heavy atom. The van der Waals surface area contributed by atoms with Crippen LogP contribution in [-0.4, -0.2) is 38.7 Å². The molecule has 0 atom stereocenters. The van der Waals surface area contributed by atoms with Gasteiger partial charge in [-0.1, -0.05) is 28.1 Å². The fourth-order valence-electron chi connectivity index (χ4n) is 1.11. The van der Waals surface area contributed by atoms with Gasteiger partial charge in [0.05, 0.1) is 5.60 Å². The molecule has 1 aromatic carbocycles. The number of ether oxygens (including phenoxy) is 1. The molecule has 4 N–H and O–H groups in total. The molecule has 0 aromatic heterocycles. The highest BCUT2D eigenvalue weighted by molar-refractivity contribution is 9.08. The third kappa shape index (κ3) is 7.26. The van der Waals surface area contributed by atoms with Crippen LogP contribution < -0.4 is 4.74 Å². The van der Waals surface area contributed by atoms with Gasteiger partial charge in [-0.25, -0.2) is 0 Å². The van der Waals surface area contributed by atoms with Gasteiger partial charge < -0.3 is 24.9 Å². The van der Waals surface area contributed by atoms with E-state index >= 15 is 0 Å². The van der Waals surface area contributed by atoms with E-state index in [1.165, 1.54) is 0 Å². The lowest BCUT2D eigenvalue weighted by atomic mass is 9.89. The average molecular weight is 349 g/mol. The first kappa shape index (κ1) is 19.4. The standard InChI is InChI=1S/C13H19BrO2.BH3O3/c1-12(2,15)13(3,4)16-11-7-5-6-10(8-11)9-14;2-1(3)4/h5-8,15H,9H2,1-4H3;2-4H. The maximum Gasteiger partial charge on any atom is 0.631 e. The third-order valence-electron chi connectivity index (χ3n) is 2.90. The van der Waals surface area contributed by atoms with E-state index in [4.69, 9.17) is 19.8 Å². The van der Waals surface area contributed by atoms with Crippen molar-refractivity contribution in [2.24, 2.45) is 0 Å². The largest absolute Gasteiger partial charge is 0.631 e. The molecule has 0 spiro atoms. The Labute approximate surface area is 128 Å². The second-order valence-electron chi connectivity index (χ2n) is 5.30. The van der Waals surface area contributed by atoms with Gasteiger partial charge >= 0.3 is 7.32 Å². The Morgan fingerprint density at radius 2 is 1.65 bits per heavy atom. The van der Waals surface area contributed by atoms with Crippen molar-refractivity contribution in [1.29, 1.82) is 0 Å². The number of hydrogen-bond donors (Lipinski definition) is 4. The minimum absolute atomic E-state index is 0.627. The van der Waals surface area contributed by atoms with Crippen LogP contribution in [0.15, 0.2) is 24.3 Å². The Morgan fingerprint density at radius 1 is 1.15 bits per heavy atom. The zero-order chi connectivity index (χ0) is 16.0. The smallest absolute Gasteiger partial charge is 0.485 e. The number of halogens is 1. The molecule has 0 fully saturated rings. The van der Waals surface area contributed by atoms with Crippen LogP contribution in [0.5, 0.6) is 5.75 Å². The van der Waals surface area contributed by atoms with Gasteiger partial charge in [-0.3, -0.25) is 0 Å². The van der Waals surface area contributed by atoms with Crippen LogP contribution in [0.1, 0.15) is 33.3 Å². The van der Waals surface area contributed by atoms with Crippen molar-refractivity contribution in [3.05, 3.63) is 29.8 Å². The number of hydrogen-bond acceptors (Lipinski definition) is 5. The van der Waals surface area contributed by atoms with Crippen LogP contribution >= 0.6 is 15.9 Å². The maximum absolute atomic E-state index is 10.00. The van der Waals surface area contributed by atoms with E-state index in [-0.39, 0.29) is 0 Å². The van der Waals surface area contributed by atoms with Crippen molar-refractivity contribution >= 4 is 23.3 Å². The van der Waals surface area contributed by atoms with Crippen molar-refractivity contribution in [2.45, 2.75) is 44.2 Å². The quantitative estimate of drug-likeness (QED) is 0.488. The summed E-state index contributed by atoms with van der Waals surface area (Å²) in [7, 11) is -2.17. The molecule has 1 aromatic rings. The van der Waals surface area contributed by atoms with Crippen molar-refractivity contribution in [1.82, 2.24) is 0 Å². The van der Waals surface area contributed by atoms with Gasteiger partial charge in [0.15, 0.2) is 0 Å². The topological polar surface area (TPSA) is 90.2 Å². The highest BCUT2D eigenvalue weighted by Gasteiger charge is 2.37. The second-order valence-corrected chi connectivity index (χ2v) is 5.86. The predicted molar refractivity (Wildman–Crippen MR) is 82.5 cm³/mol. The molecule has 0 aliphatic rings. The van der Waals surface area contributed by atoms with Crippen molar-refractivity contribution in [3.63, 3.8) is 0 Å². The molecule has 0 amide bonds. The van der Waals surface area contributed by atoms with E-state index in [9.17, 15) is 5.11 Å². The summed E-state index contributed by atoms with van der Waals surface area (Å²) in [4.78, 5) is 0. The lowest BCUT2D eigenvalue weighted by molar-refractivity contribution is -0.0906. The van der Waals surface area contributed by atoms with Crippen LogP contribution in [0.2, 0.25) is 0 Å². The molecule has 1 rings (SSSR count). The van der Waals surface area contributed by atoms with E-state index in [0.29, 0.717) is 0 Å². The second kappa shape index (κ2) is 8.00. The Hall–Kier alpha value is -0.595. The lowest BCUT2D eigenvalue weighted by Crippen LogP contribution is -2.49. The highest BCUT2D eigenvalue weighted by atomic mass is 79.9. The molecule has 0 heterocycles. The summed E-state index contributed by atoms with van der Waals surface area (Å²) < 4.78 is 5.84. The summed E-state index contributed by atoms with van der Waals surface area (Å²) in [5.74, 6) is 0.782. The number of benzene rings is 1. The molecule has 0 bridgehead atoms. The van der Waals surface area contributed by atoms with E-state index in [1.807, 2.05) is 38.1 Å². The van der Waals surface area contributed by atoms with Gasteiger partial charge in [-0.2, -0.15) is 0 Å². The minimum Gasteiger partial charge on any atom is -0.485 e. The third-order valence-corrected chi connectivity index (χ3v) is 3.55. The first-order chi connectivity index (χ1) is 8.99. The van der Waals surface area contributed by atoms with Crippen LogP contribution in [0, 0.1) is 0 Å². The van der Waals surface area contributed by atoms with Gasteiger partial charge in [-0.05, 0) is 45.4 Å². The average Bonchev–Trinajstić information content (AvgIpc) is 2.26. The zero-order valence-electron chi connectivity index (χ0n) is 12.2. The summed E-state index contributed by atoms with van der Waals surface area (Å²) >= 11 is 3.41. The van der Waals surface area contributed by atoms with Gasteiger partial charge in [0.1, 0.15) is 11.4 Å². The lowest BCUT2D eigenvalue weighted by Gasteiger charge is -2.37. The molecular formula is C13H22BBrO5. The summed E-state index contributed by atoms with van der Waals surface area (Å²) in [6.45, 7) is 7.27. The summed E-state index contributed by atoms with van der Waals surface area (Å²) in [5, 5.41) is 32.3. The van der Waals surface area contributed by atoms with E-state index < -0.39 is 18.5 Å². The molecule has 114 valence electrons. The number of aliphatic hydroxyl groups is 1. The van der Waals surface area contributed by atoms with Crippen LogP contribution in [0.3, 0.4) is 0 Å². The molecule has 0 aliphatic carbocycles. The maximum atomic E-state index is 10.00. The van der Waals surface area contributed by atoms with Crippen molar-refractivity contribution in [3.8, 4) is 5.75 Å². The van der Waals surface area contributed by atoms with Crippen molar-refractivity contribution < 1.29 is 24.9 Å². The van der Waals surface area contributed by atoms with Crippen LogP contribution in [0.4, 0.5) is 0 Å². The SMILES string of the molecule is CC(C)(O)C(C)(C)Oc1cccc(CBr)c1.OB(O)O. The van der Waals surface area contributed by atoms with Gasteiger partial charge in [0.2, 0.25) is 0 Å².